The van der Waals surface area contributed by atoms with Gasteiger partial charge in [0.05, 0.1) is 23.9 Å². The lowest BCUT2D eigenvalue weighted by atomic mass is 9.93. The third-order valence-corrected chi connectivity index (χ3v) is 4.05. The van der Waals surface area contributed by atoms with Crippen LogP contribution in [0.15, 0.2) is 60.2 Å². The Bertz CT molecular complexity index is 819. The Morgan fingerprint density at radius 3 is 2.48 bits per heavy atom. The molecular weight excluding hydrogens is 339 g/mol. The summed E-state index contributed by atoms with van der Waals surface area (Å²) in [4.78, 5) is 12.7. The third kappa shape index (κ3) is 3.69. The Morgan fingerprint density at radius 2 is 1.84 bits per heavy atom. The predicted molar refractivity (Wildman–Crippen MR) is 98.0 cm³/mol. The molecule has 25 heavy (non-hydrogen) atoms. The summed E-state index contributed by atoms with van der Waals surface area (Å²) in [6, 6.07) is 14.9. The summed E-state index contributed by atoms with van der Waals surface area (Å²) in [7, 11) is 0. The van der Waals surface area contributed by atoms with Crippen LogP contribution in [0.1, 0.15) is 24.1 Å². The summed E-state index contributed by atoms with van der Waals surface area (Å²) < 4.78 is 18.5. The minimum atomic E-state index is -0.524. The summed E-state index contributed by atoms with van der Waals surface area (Å²) in [5, 5.41) is 6.53. The van der Waals surface area contributed by atoms with Gasteiger partial charge in [0.25, 0.3) is 0 Å². The van der Waals surface area contributed by atoms with Crippen molar-refractivity contribution in [1.29, 1.82) is 0 Å². The molecule has 0 saturated carbocycles. The van der Waals surface area contributed by atoms with Gasteiger partial charge in [-0.05, 0) is 42.4 Å². The smallest absolute Gasteiger partial charge is 0.338 e. The highest BCUT2D eigenvalue weighted by Crippen LogP contribution is 2.32. The van der Waals surface area contributed by atoms with Gasteiger partial charge in [-0.25, -0.2) is 9.18 Å². The molecule has 0 radical (unpaired) electrons. The largest absolute Gasteiger partial charge is 0.463 e. The van der Waals surface area contributed by atoms with Gasteiger partial charge in [0.2, 0.25) is 0 Å². The second kappa shape index (κ2) is 7.44. The number of carbonyl (C=O) groups excluding carboxylic acids is 1. The summed E-state index contributed by atoms with van der Waals surface area (Å²) in [5.41, 5.74) is 2.55. The van der Waals surface area contributed by atoms with Crippen LogP contribution in [0.4, 0.5) is 4.39 Å². The monoisotopic (exact) mass is 356 g/mol. The molecule has 0 fully saturated rings. The van der Waals surface area contributed by atoms with Gasteiger partial charge < -0.3 is 15.4 Å². The fourth-order valence-corrected chi connectivity index (χ4v) is 2.95. The lowest BCUT2D eigenvalue weighted by Gasteiger charge is -2.31. The van der Waals surface area contributed by atoms with Gasteiger partial charge in [-0.2, -0.15) is 0 Å². The van der Waals surface area contributed by atoms with Crippen LogP contribution in [-0.4, -0.2) is 17.7 Å². The van der Waals surface area contributed by atoms with Crippen LogP contribution in [0.25, 0.3) is 5.70 Å². The van der Waals surface area contributed by atoms with Crippen molar-refractivity contribution in [1.82, 2.24) is 10.6 Å². The molecule has 6 heteroatoms. The summed E-state index contributed by atoms with van der Waals surface area (Å²) >= 11 is 5.31. The molecule has 0 aliphatic carbocycles. The van der Waals surface area contributed by atoms with Crippen LogP contribution in [0.2, 0.25) is 0 Å². The first kappa shape index (κ1) is 17.1. The van der Waals surface area contributed by atoms with E-state index >= 15 is 0 Å². The van der Waals surface area contributed by atoms with Gasteiger partial charge in [0.15, 0.2) is 5.11 Å². The molecule has 1 aliphatic rings. The van der Waals surface area contributed by atoms with Gasteiger partial charge in [0.1, 0.15) is 5.82 Å². The molecule has 0 amide bonds. The molecule has 1 atom stereocenters. The van der Waals surface area contributed by atoms with Crippen molar-refractivity contribution in [2.24, 2.45) is 0 Å². The van der Waals surface area contributed by atoms with Crippen molar-refractivity contribution in [3.8, 4) is 0 Å². The lowest BCUT2D eigenvalue weighted by Crippen LogP contribution is -2.45. The highest BCUT2D eigenvalue weighted by molar-refractivity contribution is 7.80. The Morgan fingerprint density at radius 1 is 1.16 bits per heavy atom. The van der Waals surface area contributed by atoms with E-state index in [4.69, 9.17) is 17.0 Å². The first-order valence-electron chi connectivity index (χ1n) is 7.90. The second-order valence-electron chi connectivity index (χ2n) is 5.46. The highest BCUT2D eigenvalue weighted by atomic mass is 32.1. The van der Waals surface area contributed by atoms with Crippen LogP contribution < -0.4 is 10.6 Å². The van der Waals surface area contributed by atoms with E-state index in [1.165, 1.54) is 12.1 Å². The van der Waals surface area contributed by atoms with E-state index in [1.807, 2.05) is 30.3 Å². The number of esters is 1. The Hall–Kier alpha value is -2.73. The fourth-order valence-electron chi connectivity index (χ4n) is 2.73. The van der Waals surface area contributed by atoms with Crippen molar-refractivity contribution < 1.29 is 13.9 Å². The molecule has 1 aliphatic heterocycles. The van der Waals surface area contributed by atoms with Gasteiger partial charge in [-0.15, -0.1) is 0 Å². The number of rotatable bonds is 4. The third-order valence-electron chi connectivity index (χ3n) is 3.83. The Labute approximate surface area is 150 Å². The fraction of sp³-hybridized carbons (Fsp3) is 0.158. The molecular formula is C19H17FN2O2S. The zero-order chi connectivity index (χ0) is 17.8. The zero-order valence-electron chi connectivity index (χ0n) is 13.6. The average molecular weight is 356 g/mol. The molecule has 0 bridgehead atoms. The van der Waals surface area contributed by atoms with E-state index in [0.29, 0.717) is 16.4 Å². The molecule has 0 spiro atoms. The van der Waals surface area contributed by atoms with Crippen LogP contribution >= 0.6 is 12.2 Å². The van der Waals surface area contributed by atoms with Crippen molar-refractivity contribution in [2.45, 2.75) is 13.0 Å². The van der Waals surface area contributed by atoms with Crippen molar-refractivity contribution in [2.75, 3.05) is 6.61 Å². The molecule has 2 N–H and O–H groups in total. The standard InChI is InChI=1S/C19H17FN2O2S/c1-2-24-18(23)15-16(12-6-4-3-5-7-12)21-19(25)22-17(15)13-8-10-14(20)11-9-13/h3-11,17H,2H2,1H3,(H2,21,22,25)/t17-/m1/s1. The van der Waals surface area contributed by atoms with E-state index in [9.17, 15) is 9.18 Å². The molecule has 0 unspecified atom stereocenters. The van der Waals surface area contributed by atoms with Gasteiger partial charge in [-0.3, -0.25) is 0 Å². The maximum atomic E-state index is 13.3. The van der Waals surface area contributed by atoms with E-state index in [0.717, 1.165) is 11.1 Å². The lowest BCUT2D eigenvalue weighted by molar-refractivity contribution is -0.138. The molecule has 1 heterocycles. The first-order valence-corrected chi connectivity index (χ1v) is 8.30. The van der Waals surface area contributed by atoms with Crippen molar-refractivity contribution in [3.05, 3.63) is 77.1 Å². The Kier molecular flexibility index (Phi) is 5.09. The summed E-state index contributed by atoms with van der Waals surface area (Å²) in [6.45, 7) is 2.01. The van der Waals surface area contributed by atoms with E-state index in [-0.39, 0.29) is 12.4 Å². The van der Waals surface area contributed by atoms with E-state index < -0.39 is 12.0 Å². The minimum absolute atomic E-state index is 0.255. The zero-order valence-corrected chi connectivity index (χ0v) is 14.4. The van der Waals surface area contributed by atoms with Crippen molar-refractivity contribution in [3.63, 3.8) is 0 Å². The molecule has 4 nitrogen and oxygen atoms in total. The van der Waals surface area contributed by atoms with E-state index in [1.54, 1.807) is 19.1 Å². The van der Waals surface area contributed by atoms with Gasteiger partial charge in [0, 0.05) is 0 Å². The average Bonchev–Trinajstić information content (AvgIpc) is 2.62. The Balaban J connectivity index is 2.16. The van der Waals surface area contributed by atoms with Crippen LogP contribution in [-0.2, 0) is 9.53 Å². The normalized spacial score (nSPS) is 16.9. The van der Waals surface area contributed by atoms with Crippen molar-refractivity contribution >= 4 is 29.0 Å². The number of thiocarbonyl (C=S) groups is 1. The number of nitrogens with one attached hydrogen (secondary N) is 2. The number of hydrogen-bond acceptors (Lipinski definition) is 3. The molecule has 3 rings (SSSR count). The number of hydrogen-bond donors (Lipinski definition) is 2. The number of benzene rings is 2. The van der Waals surface area contributed by atoms with Crippen LogP contribution in [0, 0.1) is 5.82 Å². The quantitative estimate of drug-likeness (QED) is 0.650. The highest BCUT2D eigenvalue weighted by Gasteiger charge is 2.33. The minimum Gasteiger partial charge on any atom is -0.463 e. The molecule has 2 aromatic carbocycles. The topological polar surface area (TPSA) is 50.4 Å². The number of halogens is 1. The maximum Gasteiger partial charge on any atom is 0.338 e. The molecule has 128 valence electrons. The summed E-state index contributed by atoms with van der Waals surface area (Å²) in [5.74, 6) is -0.789. The molecule has 0 aromatic heterocycles. The van der Waals surface area contributed by atoms with Crippen LogP contribution in [0.5, 0.6) is 0 Å². The van der Waals surface area contributed by atoms with E-state index in [2.05, 4.69) is 10.6 Å². The van der Waals surface area contributed by atoms with Crippen LogP contribution in [0.3, 0.4) is 0 Å². The molecule has 0 saturated heterocycles. The maximum absolute atomic E-state index is 13.3. The predicted octanol–water partition coefficient (Wildman–Crippen LogP) is 3.32. The second-order valence-corrected chi connectivity index (χ2v) is 5.87. The van der Waals surface area contributed by atoms with Gasteiger partial charge >= 0.3 is 5.97 Å². The van der Waals surface area contributed by atoms with Gasteiger partial charge in [-0.1, -0.05) is 42.5 Å². The number of carbonyl (C=O) groups is 1. The number of ether oxygens (including phenoxy) is 1. The molecule has 2 aromatic rings. The summed E-state index contributed by atoms with van der Waals surface area (Å²) in [6.07, 6.45) is 0. The first-order chi connectivity index (χ1) is 12.1. The SMILES string of the molecule is CCOC(=O)C1=C(c2ccccc2)NC(=S)N[C@@H]1c1ccc(F)cc1.